The maximum Gasteiger partial charge on any atom is 0.160 e. The first-order valence-electron chi connectivity index (χ1n) is 4.97. The SMILES string of the molecule is [2H]C([2H])(CN)c1ccc(OC)c(OC)c1. The molecule has 0 saturated heterocycles. The summed E-state index contributed by atoms with van der Waals surface area (Å²) < 4.78 is 25.5. The Morgan fingerprint density at radius 3 is 2.54 bits per heavy atom. The molecule has 3 nitrogen and oxygen atoms in total. The minimum atomic E-state index is -1.54. The minimum absolute atomic E-state index is 0.0670. The second-order valence-electron chi connectivity index (χ2n) is 2.45. The summed E-state index contributed by atoms with van der Waals surface area (Å²) in [6.07, 6.45) is -1.54. The lowest BCUT2D eigenvalue weighted by molar-refractivity contribution is 0.354. The van der Waals surface area contributed by atoms with Crippen molar-refractivity contribution in [1.82, 2.24) is 0 Å². The fourth-order valence-electron chi connectivity index (χ4n) is 1.06. The van der Waals surface area contributed by atoms with Crippen molar-refractivity contribution in [2.45, 2.75) is 6.37 Å². The summed E-state index contributed by atoms with van der Waals surface area (Å²) in [6.45, 7) is -0.0670. The van der Waals surface area contributed by atoms with Crippen molar-refractivity contribution in [3.05, 3.63) is 23.8 Å². The summed E-state index contributed by atoms with van der Waals surface area (Å²) in [5.74, 6) is 1.08. The van der Waals surface area contributed by atoms with Gasteiger partial charge in [0.1, 0.15) is 0 Å². The molecule has 0 aromatic heterocycles. The lowest BCUT2D eigenvalue weighted by atomic mass is 10.1. The summed E-state index contributed by atoms with van der Waals surface area (Å²) in [5.41, 5.74) is 5.84. The van der Waals surface area contributed by atoms with E-state index in [-0.39, 0.29) is 6.54 Å². The van der Waals surface area contributed by atoms with E-state index >= 15 is 0 Å². The van der Waals surface area contributed by atoms with Crippen LogP contribution in [-0.4, -0.2) is 20.8 Å². The molecule has 0 atom stereocenters. The van der Waals surface area contributed by atoms with E-state index in [1.165, 1.54) is 14.2 Å². The minimum Gasteiger partial charge on any atom is -0.493 e. The molecular weight excluding hydrogens is 166 g/mol. The van der Waals surface area contributed by atoms with Crippen LogP contribution in [0.5, 0.6) is 11.5 Å². The number of benzene rings is 1. The van der Waals surface area contributed by atoms with Crippen molar-refractivity contribution in [3.8, 4) is 11.5 Å². The summed E-state index contributed by atoms with van der Waals surface area (Å²) >= 11 is 0. The molecule has 2 N–H and O–H groups in total. The number of hydrogen-bond donors (Lipinski definition) is 1. The molecule has 0 amide bonds. The van der Waals surface area contributed by atoms with E-state index in [0.29, 0.717) is 17.1 Å². The first kappa shape index (κ1) is 7.21. The third kappa shape index (κ3) is 2.36. The van der Waals surface area contributed by atoms with Crippen LogP contribution < -0.4 is 15.2 Å². The normalized spacial score (nSPS) is 13.2. The molecule has 0 heterocycles. The lowest BCUT2D eigenvalue weighted by Gasteiger charge is -2.08. The van der Waals surface area contributed by atoms with Crippen LogP contribution in [0.4, 0.5) is 0 Å². The number of rotatable bonds is 4. The Hall–Kier alpha value is -1.22. The van der Waals surface area contributed by atoms with Crippen LogP contribution in [0.1, 0.15) is 8.30 Å². The van der Waals surface area contributed by atoms with Gasteiger partial charge in [0.25, 0.3) is 0 Å². The van der Waals surface area contributed by atoms with Crippen molar-refractivity contribution in [1.29, 1.82) is 0 Å². The summed E-state index contributed by atoms with van der Waals surface area (Å²) in [6, 6.07) is 4.92. The molecule has 3 heteroatoms. The van der Waals surface area contributed by atoms with Gasteiger partial charge in [-0.3, -0.25) is 0 Å². The van der Waals surface area contributed by atoms with Crippen LogP contribution >= 0.6 is 0 Å². The van der Waals surface area contributed by atoms with E-state index in [4.69, 9.17) is 17.9 Å². The number of ether oxygens (including phenoxy) is 2. The average molecular weight is 183 g/mol. The molecule has 0 aliphatic heterocycles. The molecule has 0 aliphatic rings. The molecule has 13 heavy (non-hydrogen) atoms. The van der Waals surface area contributed by atoms with E-state index in [1.807, 2.05) is 0 Å². The monoisotopic (exact) mass is 183 g/mol. The Morgan fingerprint density at radius 2 is 2.00 bits per heavy atom. The van der Waals surface area contributed by atoms with Gasteiger partial charge in [0, 0.05) is 2.74 Å². The third-order valence-electron chi connectivity index (χ3n) is 1.69. The van der Waals surface area contributed by atoms with Crippen molar-refractivity contribution in [3.63, 3.8) is 0 Å². The number of nitrogens with two attached hydrogens (primary N) is 1. The second-order valence-corrected chi connectivity index (χ2v) is 2.45. The predicted molar refractivity (Wildman–Crippen MR) is 52.3 cm³/mol. The van der Waals surface area contributed by atoms with Crippen molar-refractivity contribution >= 4 is 0 Å². The van der Waals surface area contributed by atoms with E-state index in [0.717, 1.165) is 0 Å². The molecule has 1 rings (SSSR count). The molecule has 0 fully saturated rings. The molecular formula is C10H15NO2. The Bertz CT molecular complexity index is 342. The van der Waals surface area contributed by atoms with E-state index in [2.05, 4.69) is 0 Å². The van der Waals surface area contributed by atoms with Gasteiger partial charge in [-0.05, 0) is 30.6 Å². The van der Waals surface area contributed by atoms with Gasteiger partial charge in [0.15, 0.2) is 11.5 Å². The van der Waals surface area contributed by atoms with Crippen LogP contribution in [0.3, 0.4) is 0 Å². The maximum atomic E-state index is 7.66. The Balaban J connectivity index is 3.13. The van der Waals surface area contributed by atoms with Gasteiger partial charge in [0.2, 0.25) is 0 Å². The Morgan fingerprint density at radius 1 is 1.31 bits per heavy atom. The average Bonchev–Trinajstić information content (AvgIpc) is 2.28. The van der Waals surface area contributed by atoms with Gasteiger partial charge < -0.3 is 15.2 Å². The van der Waals surface area contributed by atoms with Crippen molar-refractivity contribution < 1.29 is 12.2 Å². The fraction of sp³-hybridized carbons (Fsp3) is 0.400. The molecule has 0 radical (unpaired) electrons. The highest BCUT2D eigenvalue weighted by atomic mass is 16.5. The quantitative estimate of drug-likeness (QED) is 0.763. The third-order valence-corrected chi connectivity index (χ3v) is 1.69. The molecule has 1 aromatic carbocycles. The van der Waals surface area contributed by atoms with Gasteiger partial charge in [-0.25, -0.2) is 0 Å². The Kier molecular flexibility index (Phi) is 2.62. The van der Waals surface area contributed by atoms with E-state index in [1.54, 1.807) is 18.2 Å². The largest absolute Gasteiger partial charge is 0.493 e. The molecule has 0 bridgehead atoms. The maximum absolute atomic E-state index is 7.66. The molecule has 0 saturated carbocycles. The first-order chi connectivity index (χ1) is 7.05. The lowest BCUT2D eigenvalue weighted by Crippen LogP contribution is -2.03. The highest BCUT2D eigenvalue weighted by molar-refractivity contribution is 5.42. The summed E-state index contributed by atoms with van der Waals surface area (Å²) in [7, 11) is 3.05. The van der Waals surface area contributed by atoms with Gasteiger partial charge in [-0.2, -0.15) is 0 Å². The van der Waals surface area contributed by atoms with Crippen molar-refractivity contribution in [2.75, 3.05) is 20.8 Å². The zero-order valence-corrected chi connectivity index (χ0v) is 7.83. The predicted octanol–water partition coefficient (Wildman–Crippen LogP) is 1.21. The smallest absolute Gasteiger partial charge is 0.160 e. The highest BCUT2D eigenvalue weighted by Gasteiger charge is 2.03. The van der Waals surface area contributed by atoms with Crippen LogP contribution in [0.2, 0.25) is 0 Å². The Labute approximate surface area is 81.3 Å². The summed E-state index contributed by atoms with van der Waals surface area (Å²) in [4.78, 5) is 0. The van der Waals surface area contributed by atoms with Gasteiger partial charge in [-0.1, -0.05) is 6.07 Å². The molecule has 72 valence electrons. The molecule has 1 aromatic rings. The van der Waals surface area contributed by atoms with Crippen molar-refractivity contribution in [2.24, 2.45) is 5.73 Å². The van der Waals surface area contributed by atoms with Gasteiger partial charge in [-0.15, -0.1) is 0 Å². The zero-order chi connectivity index (χ0) is 11.5. The van der Waals surface area contributed by atoms with Crippen LogP contribution in [-0.2, 0) is 6.37 Å². The van der Waals surface area contributed by atoms with E-state index < -0.39 is 6.37 Å². The highest BCUT2D eigenvalue weighted by Crippen LogP contribution is 2.27. The van der Waals surface area contributed by atoms with Crippen LogP contribution in [0.25, 0.3) is 0 Å². The van der Waals surface area contributed by atoms with Gasteiger partial charge >= 0.3 is 0 Å². The van der Waals surface area contributed by atoms with E-state index in [9.17, 15) is 0 Å². The summed E-state index contributed by atoms with van der Waals surface area (Å²) in [5, 5.41) is 0. The molecule has 0 spiro atoms. The first-order valence-corrected chi connectivity index (χ1v) is 3.97. The topological polar surface area (TPSA) is 44.5 Å². The van der Waals surface area contributed by atoms with Gasteiger partial charge in [0.05, 0.1) is 14.2 Å². The molecule has 0 aliphatic carbocycles. The second kappa shape index (κ2) is 4.72. The standard InChI is InChI=1S/C10H15NO2/c1-12-9-4-3-8(5-6-11)7-10(9)13-2/h3-4,7H,5-6,11H2,1-2H3/i5D2. The van der Waals surface area contributed by atoms with Crippen LogP contribution in [0.15, 0.2) is 18.2 Å². The number of methoxy groups -OCH3 is 2. The zero-order valence-electron chi connectivity index (χ0n) is 9.83. The van der Waals surface area contributed by atoms with Crippen LogP contribution in [0, 0.1) is 0 Å². The number of hydrogen-bond acceptors (Lipinski definition) is 3. The molecule has 0 unspecified atom stereocenters. The fourth-order valence-corrected chi connectivity index (χ4v) is 1.06.